The van der Waals surface area contributed by atoms with E-state index >= 15 is 0 Å². The van der Waals surface area contributed by atoms with E-state index in [1.165, 1.54) is 11.3 Å². The fourth-order valence-electron chi connectivity index (χ4n) is 2.48. The highest BCUT2D eigenvalue weighted by molar-refractivity contribution is 7.13. The van der Waals surface area contributed by atoms with Crippen molar-refractivity contribution >= 4 is 17.6 Å². The normalized spacial score (nSPS) is 13.0. The second-order valence-electron chi connectivity index (χ2n) is 4.74. The number of aromatic amines is 1. The lowest BCUT2D eigenvalue weighted by atomic mass is 10.0. The van der Waals surface area contributed by atoms with Crippen LogP contribution in [0.1, 0.15) is 14.7 Å². The Morgan fingerprint density at radius 3 is 3.10 bits per heavy atom. The number of aldehydes is 1. The predicted octanol–water partition coefficient (Wildman–Crippen LogP) is 2.95. The molecule has 21 heavy (non-hydrogen) atoms. The van der Waals surface area contributed by atoms with Crippen LogP contribution >= 0.6 is 11.3 Å². The number of hydrogen-bond acceptors (Lipinski definition) is 5. The summed E-state index contributed by atoms with van der Waals surface area (Å²) in [6, 6.07) is 6.01. The highest BCUT2D eigenvalue weighted by Gasteiger charge is 2.20. The molecule has 0 atom stereocenters. The Hall–Kier alpha value is -2.47. The van der Waals surface area contributed by atoms with Crippen LogP contribution in [0.2, 0.25) is 0 Å². The third kappa shape index (κ3) is 2.04. The van der Waals surface area contributed by atoms with E-state index in [0.717, 1.165) is 45.7 Å². The second-order valence-corrected chi connectivity index (χ2v) is 5.85. The molecule has 2 aromatic heterocycles. The Kier molecular flexibility index (Phi) is 2.82. The monoisotopic (exact) mass is 297 g/mol. The van der Waals surface area contributed by atoms with Crippen molar-refractivity contribution in [1.29, 1.82) is 0 Å². The molecule has 0 amide bonds. The fourth-order valence-corrected chi connectivity index (χ4v) is 3.35. The largest absolute Gasteiger partial charge is 0.492 e. The first-order valence-corrected chi connectivity index (χ1v) is 7.38. The minimum Gasteiger partial charge on any atom is -0.492 e. The molecule has 0 radical (unpaired) electrons. The van der Waals surface area contributed by atoms with Gasteiger partial charge in [-0.2, -0.15) is 5.10 Å². The van der Waals surface area contributed by atoms with Gasteiger partial charge >= 0.3 is 0 Å². The van der Waals surface area contributed by atoms with Crippen molar-refractivity contribution in [3.05, 3.63) is 40.5 Å². The number of nitrogens with zero attached hydrogens (tertiary/aromatic N) is 2. The van der Waals surface area contributed by atoms with Crippen molar-refractivity contribution in [2.45, 2.75) is 6.42 Å². The summed E-state index contributed by atoms with van der Waals surface area (Å²) in [6.45, 7) is 0.593. The van der Waals surface area contributed by atoms with E-state index in [1.54, 1.807) is 6.20 Å². The van der Waals surface area contributed by atoms with E-state index in [9.17, 15) is 4.79 Å². The topological polar surface area (TPSA) is 67.9 Å². The molecular weight excluding hydrogens is 286 g/mol. The number of ether oxygens (including phenoxy) is 1. The summed E-state index contributed by atoms with van der Waals surface area (Å²) >= 11 is 1.44. The molecule has 0 saturated heterocycles. The van der Waals surface area contributed by atoms with E-state index in [2.05, 4.69) is 15.2 Å². The van der Waals surface area contributed by atoms with Crippen molar-refractivity contribution in [2.75, 3.05) is 6.61 Å². The first-order valence-electron chi connectivity index (χ1n) is 6.56. The minimum absolute atomic E-state index is 0.520. The van der Waals surface area contributed by atoms with E-state index in [1.807, 2.05) is 24.4 Å². The summed E-state index contributed by atoms with van der Waals surface area (Å²) in [7, 11) is 0. The number of benzene rings is 1. The summed E-state index contributed by atoms with van der Waals surface area (Å²) in [6.07, 6.45) is 5.20. The zero-order valence-electron chi connectivity index (χ0n) is 11.0. The van der Waals surface area contributed by atoms with Gasteiger partial charge in [0.25, 0.3) is 0 Å². The molecule has 3 aromatic rings. The molecule has 4 rings (SSSR count). The Labute approximate surface area is 124 Å². The molecule has 1 aliphatic heterocycles. The molecule has 0 fully saturated rings. The molecule has 1 aliphatic rings. The molecule has 0 aliphatic carbocycles. The number of nitrogens with one attached hydrogen (secondary N) is 1. The lowest BCUT2D eigenvalue weighted by molar-refractivity contribution is 0.112. The van der Waals surface area contributed by atoms with Crippen molar-refractivity contribution in [3.8, 4) is 28.1 Å². The Bertz CT molecular complexity index is 808. The summed E-state index contributed by atoms with van der Waals surface area (Å²) in [5.74, 6) is 0.801. The molecule has 0 bridgehead atoms. The lowest BCUT2D eigenvalue weighted by Gasteiger charge is -2.08. The molecule has 1 N–H and O–H groups in total. The van der Waals surface area contributed by atoms with Crippen molar-refractivity contribution in [3.63, 3.8) is 0 Å². The summed E-state index contributed by atoms with van der Waals surface area (Å²) in [5.41, 5.74) is 3.86. The molecule has 1 aromatic carbocycles. The maximum atomic E-state index is 10.9. The van der Waals surface area contributed by atoms with Gasteiger partial charge in [0.15, 0.2) is 11.3 Å². The minimum atomic E-state index is 0.520. The molecule has 3 heterocycles. The smallest absolute Gasteiger partial charge is 0.178 e. The number of carbonyl (C=O) groups is 1. The van der Waals surface area contributed by atoms with Crippen LogP contribution in [-0.4, -0.2) is 28.1 Å². The van der Waals surface area contributed by atoms with E-state index in [4.69, 9.17) is 4.74 Å². The van der Waals surface area contributed by atoms with Crippen LogP contribution in [0.5, 0.6) is 5.75 Å². The molecule has 0 spiro atoms. The van der Waals surface area contributed by atoms with Crippen molar-refractivity contribution < 1.29 is 9.53 Å². The number of aromatic nitrogens is 3. The van der Waals surface area contributed by atoms with Gasteiger partial charge < -0.3 is 4.74 Å². The average molecular weight is 297 g/mol. The van der Waals surface area contributed by atoms with E-state index in [0.29, 0.717) is 11.6 Å². The SMILES string of the molecule is O=Cc1nc2c(s1)CCOc1cc(-c3cn[nH]c3)ccc1-2. The number of fused-ring (bicyclic) bond motifs is 3. The maximum Gasteiger partial charge on any atom is 0.178 e. The van der Waals surface area contributed by atoms with Crippen molar-refractivity contribution in [1.82, 2.24) is 15.2 Å². The Balaban J connectivity index is 1.86. The quantitative estimate of drug-likeness (QED) is 0.738. The van der Waals surface area contributed by atoms with Gasteiger partial charge in [0, 0.05) is 28.6 Å². The van der Waals surface area contributed by atoms with Crippen LogP contribution in [0.15, 0.2) is 30.6 Å². The van der Waals surface area contributed by atoms with Gasteiger partial charge in [-0.15, -0.1) is 11.3 Å². The molecule has 0 saturated carbocycles. The van der Waals surface area contributed by atoms with Crippen LogP contribution in [0.4, 0.5) is 0 Å². The highest BCUT2D eigenvalue weighted by atomic mass is 32.1. The summed E-state index contributed by atoms with van der Waals surface area (Å²) in [5, 5.41) is 7.29. The Morgan fingerprint density at radius 1 is 1.33 bits per heavy atom. The van der Waals surface area contributed by atoms with Crippen LogP contribution in [0.25, 0.3) is 22.4 Å². The average Bonchev–Trinajstić information content (AvgIpc) is 3.14. The van der Waals surface area contributed by atoms with Gasteiger partial charge in [0.1, 0.15) is 5.75 Å². The maximum absolute atomic E-state index is 10.9. The predicted molar refractivity (Wildman–Crippen MR) is 79.7 cm³/mol. The number of rotatable bonds is 2. The van der Waals surface area contributed by atoms with Crippen LogP contribution in [0, 0.1) is 0 Å². The molecular formula is C15H11N3O2S. The van der Waals surface area contributed by atoms with E-state index in [-0.39, 0.29) is 0 Å². The molecule has 104 valence electrons. The van der Waals surface area contributed by atoms with Crippen molar-refractivity contribution in [2.24, 2.45) is 0 Å². The van der Waals surface area contributed by atoms with Gasteiger partial charge in [-0.3, -0.25) is 9.89 Å². The third-order valence-corrected chi connectivity index (χ3v) is 4.51. The zero-order chi connectivity index (χ0) is 14.2. The zero-order valence-corrected chi connectivity index (χ0v) is 11.8. The van der Waals surface area contributed by atoms with Gasteiger partial charge in [0.2, 0.25) is 0 Å². The van der Waals surface area contributed by atoms with Crippen LogP contribution < -0.4 is 4.74 Å². The highest BCUT2D eigenvalue weighted by Crippen LogP contribution is 2.39. The first kappa shape index (κ1) is 12.3. The number of hydrogen-bond donors (Lipinski definition) is 1. The summed E-state index contributed by atoms with van der Waals surface area (Å²) < 4.78 is 5.85. The van der Waals surface area contributed by atoms with Gasteiger partial charge in [-0.25, -0.2) is 4.98 Å². The molecule has 0 unspecified atom stereocenters. The van der Waals surface area contributed by atoms with Gasteiger partial charge in [0.05, 0.1) is 18.5 Å². The number of H-pyrrole nitrogens is 1. The first-order chi connectivity index (χ1) is 10.3. The fraction of sp³-hybridized carbons (Fsp3) is 0.133. The summed E-state index contributed by atoms with van der Waals surface area (Å²) in [4.78, 5) is 16.5. The third-order valence-electron chi connectivity index (χ3n) is 3.47. The molecule has 6 heteroatoms. The lowest BCUT2D eigenvalue weighted by Crippen LogP contribution is -1.97. The van der Waals surface area contributed by atoms with Crippen LogP contribution in [-0.2, 0) is 6.42 Å². The standard InChI is InChI=1S/C15H11N3O2S/c19-8-14-18-15-11-2-1-9(10-6-16-17-7-10)5-12(11)20-4-3-13(15)21-14/h1-2,5-8H,3-4H2,(H,16,17). The van der Waals surface area contributed by atoms with Crippen LogP contribution in [0.3, 0.4) is 0 Å². The van der Waals surface area contributed by atoms with E-state index < -0.39 is 0 Å². The Morgan fingerprint density at radius 2 is 2.29 bits per heavy atom. The number of carbonyl (C=O) groups excluding carboxylic acids is 1. The van der Waals surface area contributed by atoms with Gasteiger partial charge in [-0.1, -0.05) is 6.07 Å². The second kappa shape index (κ2) is 4.82. The number of thiazole rings is 1. The molecule has 5 nitrogen and oxygen atoms in total. The van der Waals surface area contributed by atoms with Gasteiger partial charge in [-0.05, 0) is 17.7 Å².